The van der Waals surface area contributed by atoms with E-state index in [2.05, 4.69) is 10.8 Å². The van der Waals surface area contributed by atoms with E-state index in [1.54, 1.807) is 13.8 Å². The predicted molar refractivity (Wildman–Crippen MR) is 174 cm³/mol. The van der Waals surface area contributed by atoms with Crippen LogP contribution in [0.5, 0.6) is 0 Å². The minimum Gasteiger partial charge on any atom is -0.481 e. The molecule has 0 aromatic carbocycles. The molecule has 1 heterocycles. The van der Waals surface area contributed by atoms with Crippen LogP contribution in [0.3, 0.4) is 0 Å². The first-order valence-corrected chi connectivity index (χ1v) is 18.9. The summed E-state index contributed by atoms with van der Waals surface area (Å²) in [6, 6.07) is 0. The zero-order chi connectivity index (χ0) is 35.6. The quantitative estimate of drug-likeness (QED) is 0.0640. The molecule has 0 aromatic heterocycles. The topological polar surface area (TPSA) is 250 Å². The molecule has 4 saturated carbocycles. The minimum absolute atomic E-state index is 0. The third-order valence-corrected chi connectivity index (χ3v) is 12.4. The van der Waals surface area contributed by atoms with Crippen molar-refractivity contribution in [2.24, 2.45) is 40.4 Å². The van der Waals surface area contributed by atoms with Gasteiger partial charge in [-0.1, -0.05) is 27.4 Å². The number of rotatable bonds is 11. The van der Waals surface area contributed by atoms with E-state index in [1.807, 2.05) is 6.92 Å². The molecule has 4 aliphatic carbocycles. The van der Waals surface area contributed by atoms with Gasteiger partial charge in [-0.25, -0.2) is 8.37 Å². The summed E-state index contributed by atoms with van der Waals surface area (Å²) in [5, 5.41) is 32.0. The molecule has 1 spiro atoms. The fraction of sp³-hybridized carbons (Fsp3) is 0.867. The van der Waals surface area contributed by atoms with E-state index in [4.69, 9.17) is 18.4 Å². The molecule has 1 aliphatic heterocycles. The number of aliphatic hydroxyl groups is 2. The molecule has 50 heavy (non-hydrogen) atoms. The van der Waals surface area contributed by atoms with Gasteiger partial charge in [0.05, 0.1) is 24.7 Å². The van der Waals surface area contributed by atoms with Crippen LogP contribution in [0.2, 0.25) is 0 Å². The van der Waals surface area contributed by atoms with Gasteiger partial charge in [0.15, 0.2) is 18.5 Å². The Balaban J connectivity index is 0.00000338. The third kappa shape index (κ3) is 9.55. The summed E-state index contributed by atoms with van der Waals surface area (Å²) in [5.74, 6) is -3.25. The van der Waals surface area contributed by atoms with Gasteiger partial charge in [0, 0.05) is 115 Å². The minimum atomic E-state index is -5.42. The fourth-order valence-corrected chi connectivity index (χ4v) is 10.8. The molecule has 13 atom stereocenters. The number of esters is 1. The largest absolute Gasteiger partial charge is 0.481 e. The second-order valence-corrected chi connectivity index (χ2v) is 16.9. The third-order valence-electron chi connectivity index (χ3n) is 11.5. The van der Waals surface area contributed by atoms with Crippen molar-refractivity contribution in [2.45, 2.75) is 115 Å². The average molecular weight is 805 g/mol. The Labute approximate surface area is 377 Å². The number of carboxylic acid groups (broad SMARTS) is 1. The van der Waals surface area contributed by atoms with Crippen molar-refractivity contribution in [1.82, 2.24) is 0 Å². The molecule has 2 radical (unpaired) electrons. The fourth-order valence-electron chi connectivity index (χ4n) is 9.82. The Morgan fingerprint density at radius 1 is 1.00 bits per heavy atom. The van der Waals surface area contributed by atoms with Gasteiger partial charge < -0.3 is 29.5 Å². The molecule has 276 valence electrons. The SMILES string of the molecule is C=C1[C@@H]2CC[C@H]3[C@]4(C)C[C@H](O[C@@H]5O[C@H](CO)[C@@H](OS(=O)(=O)O)[C@H](OS(=O)(=O)O)[C@H]5OC(=O)CC(C)C)C[C@@H](C(=O)O)[C@H]4CC[C@]3(C2)[C@H]1O.[K].[K]. The van der Waals surface area contributed by atoms with Gasteiger partial charge >= 0.3 is 32.7 Å². The van der Waals surface area contributed by atoms with Gasteiger partial charge in [0.25, 0.3) is 0 Å². The molecule has 1 saturated heterocycles. The maximum Gasteiger partial charge on any atom is 0.397 e. The van der Waals surface area contributed by atoms with E-state index in [9.17, 15) is 50.8 Å². The molecular formula is C30H46K2O16S2. The monoisotopic (exact) mass is 804 g/mol. The summed E-state index contributed by atoms with van der Waals surface area (Å²) in [7, 11) is -10.8. The first kappa shape index (κ1) is 45.9. The van der Waals surface area contributed by atoms with E-state index in [0.717, 1.165) is 24.8 Å². The van der Waals surface area contributed by atoms with Gasteiger partial charge in [0.1, 0.15) is 12.2 Å². The molecule has 0 amide bonds. The molecule has 2 bridgehead atoms. The molecule has 0 unspecified atom stereocenters. The average Bonchev–Trinajstić information content (AvgIpc) is 3.12. The molecule has 5 aliphatic rings. The Kier molecular flexibility index (Phi) is 15.9. The zero-order valence-corrected chi connectivity index (χ0v) is 36.9. The number of carbonyl (C=O) groups excluding carboxylic acids is 1. The number of aliphatic hydroxyl groups excluding tert-OH is 2. The second kappa shape index (κ2) is 17.4. The number of aliphatic carboxylic acids is 1. The smallest absolute Gasteiger partial charge is 0.397 e. The van der Waals surface area contributed by atoms with Crippen LogP contribution < -0.4 is 0 Å². The van der Waals surface area contributed by atoms with Crippen LogP contribution in [-0.2, 0) is 53.0 Å². The molecule has 0 aromatic rings. The Morgan fingerprint density at radius 2 is 1.62 bits per heavy atom. The van der Waals surface area contributed by atoms with Crippen LogP contribution in [0.25, 0.3) is 0 Å². The molecule has 5 rings (SSSR count). The summed E-state index contributed by atoms with van der Waals surface area (Å²) in [5.41, 5.74) is -0.319. The maximum absolute atomic E-state index is 12.9. The van der Waals surface area contributed by atoms with Crippen LogP contribution in [0, 0.1) is 40.4 Å². The van der Waals surface area contributed by atoms with Crippen LogP contribution in [0.1, 0.15) is 72.1 Å². The van der Waals surface area contributed by atoms with Crippen molar-refractivity contribution in [3.63, 3.8) is 0 Å². The van der Waals surface area contributed by atoms with Gasteiger partial charge in [-0.3, -0.25) is 18.7 Å². The van der Waals surface area contributed by atoms with Crippen LogP contribution in [0.15, 0.2) is 12.2 Å². The molecule has 5 fully saturated rings. The van der Waals surface area contributed by atoms with Crippen molar-refractivity contribution in [3.05, 3.63) is 12.2 Å². The molecular weight excluding hydrogens is 759 g/mol. The van der Waals surface area contributed by atoms with Crippen molar-refractivity contribution in [2.75, 3.05) is 6.61 Å². The van der Waals surface area contributed by atoms with Crippen molar-refractivity contribution in [3.8, 4) is 0 Å². The number of fused-ring (bicyclic) bond motifs is 3. The van der Waals surface area contributed by atoms with Crippen LogP contribution in [-0.4, -0.2) is 205 Å². The predicted octanol–water partition coefficient (Wildman–Crippen LogP) is 0.905. The van der Waals surface area contributed by atoms with Gasteiger partial charge in [-0.05, 0) is 79.6 Å². The van der Waals surface area contributed by atoms with Crippen molar-refractivity contribution >= 4 is 136 Å². The Hall–Kier alpha value is 1.53. The molecule has 5 N–H and O–H groups in total. The Morgan fingerprint density at radius 3 is 2.18 bits per heavy atom. The number of ether oxygens (including phenoxy) is 3. The number of hydrogen-bond donors (Lipinski definition) is 5. The number of carbonyl (C=O) groups is 2. The molecule has 16 nitrogen and oxygen atoms in total. The van der Waals surface area contributed by atoms with E-state index >= 15 is 0 Å². The first-order chi connectivity index (χ1) is 22.2. The van der Waals surface area contributed by atoms with E-state index in [-0.39, 0.29) is 146 Å². The van der Waals surface area contributed by atoms with E-state index in [1.165, 1.54) is 0 Å². The summed E-state index contributed by atoms with van der Waals surface area (Å²) in [6.45, 7) is 8.52. The molecule has 20 heteroatoms. The maximum atomic E-state index is 12.9. The normalized spacial score (nSPS) is 41.3. The summed E-state index contributed by atoms with van der Waals surface area (Å²) in [6.07, 6.45) is -7.93. The summed E-state index contributed by atoms with van der Waals surface area (Å²) >= 11 is 0. The second-order valence-electron chi connectivity index (χ2n) is 14.8. The van der Waals surface area contributed by atoms with Gasteiger partial charge in [-0.2, -0.15) is 16.8 Å². The zero-order valence-electron chi connectivity index (χ0n) is 29.0. The van der Waals surface area contributed by atoms with Crippen molar-refractivity contribution in [1.29, 1.82) is 0 Å². The summed E-state index contributed by atoms with van der Waals surface area (Å²) in [4.78, 5) is 25.7. The number of hydrogen-bond acceptors (Lipinski definition) is 13. The standard InChI is InChI=1S/C30H46O16S2.2K/c1-14(2)9-22(32)44-25-24(46-48(39,40)41)23(45-47(36,37)38)20(13-31)43-28(25)42-17-10-18(27(34)35)19-7-8-30-11-16(15(3)26(30)33)5-6-21(30)29(19,4)12-17;;/h14,16-21,23-26,28,31,33H,3,5-13H2,1-2,4H3,(H,34,35)(H,36,37,38)(H,39,40,41);;/t16-,17-,18-,19-,20-,21+,23-,24+,25-,26+,28-,29-,30-;;/m1../s1. The first-order valence-electron chi connectivity index (χ1n) is 16.2. The van der Waals surface area contributed by atoms with Gasteiger partial charge in [0.2, 0.25) is 0 Å². The Bertz CT molecular complexity index is 1490. The summed E-state index contributed by atoms with van der Waals surface area (Å²) < 4.78 is 93.5. The van der Waals surface area contributed by atoms with E-state index < -0.39 is 99.0 Å². The van der Waals surface area contributed by atoms with Crippen LogP contribution in [0.4, 0.5) is 0 Å². The van der Waals surface area contributed by atoms with Gasteiger partial charge in [-0.15, -0.1) is 0 Å². The van der Waals surface area contributed by atoms with E-state index in [0.29, 0.717) is 12.8 Å². The van der Waals surface area contributed by atoms with Crippen LogP contribution >= 0.6 is 0 Å². The number of carboxylic acids is 1. The van der Waals surface area contributed by atoms with Crippen molar-refractivity contribution < 1.29 is 73.4 Å².